The molecule has 0 fully saturated rings. The fourth-order valence-electron chi connectivity index (χ4n) is 2.35. The average molecular weight is 324 g/mol. The predicted octanol–water partition coefficient (Wildman–Crippen LogP) is 0.850. The van der Waals surface area contributed by atoms with E-state index in [1.54, 1.807) is 23.2 Å². The van der Waals surface area contributed by atoms with Gasteiger partial charge in [0.1, 0.15) is 5.69 Å². The molecule has 0 bridgehead atoms. The van der Waals surface area contributed by atoms with Gasteiger partial charge in [-0.25, -0.2) is 9.78 Å². The third kappa shape index (κ3) is 2.36. The van der Waals surface area contributed by atoms with Crippen LogP contribution in [0.3, 0.4) is 0 Å². The zero-order valence-corrected chi connectivity index (χ0v) is 13.2. The molecule has 2 N–H and O–H groups in total. The summed E-state index contributed by atoms with van der Waals surface area (Å²) >= 11 is 0. The molecule has 114 valence electrons. The number of hydrogen-bond acceptors (Lipinski definition) is 3. The number of hydrogen-bond donors (Lipinski definition) is 0. The van der Waals surface area contributed by atoms with E-state index < -0.39 is 0 Å². The Labute approximate surface area is 129 Å². The number of aromatic nitrogens is 2. The van der Waals surface area contributed by atoms with Crippen LogP contribution >= 0.6 is 24.8 Å². The topological polar surface area (TPSA) is 85.2 Å². The fraction of sp³-hybridized carbons (Fsp3) is 0.545. The van der Waals surface area contributed by atoms with E-state index in [2.05, 4.69) is 16.9 Å². The van der Waals surface area contributed by atoms with Crippen molar-refractivity contribution in [3.05, 3.63) is 12.0 Å². The van der Waals surface area contributed by atoms with Gasteiger partial charge in [-0.2, -0.15) is 0 Å². The van der Waals surface area contributed by atoms with E-state index in [0.717, 1.165) is 18.0 Å². The largest absolute Gasteiger partial charge is 0.412 e. The van der Waals surface area contributed by atoms with Crippen LogP contribution in [0.25, 0.3) is 0 Å². The number of fused-ring (bicyclic) bond motifs is 3. The molecule has 9 heteroatoms. The van der Waals surface area contributed by atoms with Gasteiger partial charge in [0, 0.05) is 14.1 Å². The van der Waals surface area contributed by atoms with Crippen LogP contribution in [0.5, 0.6) is 0 Å². The molecule has 2 amide bonds. The number of anilines is 1. The second-order valence-corrected chi connectivity index (χ2v) is 4.49. The van der Waals surface area contributed by atoms with Crippen molar-refractivity contribution in [3.8, 4) is 0 Å². The van der Waals surface area contributed by atoms with Crippen molar-refractivity contribution in [2.24, 2.45) is 12.0 Å². The number of amidine groups is 1. The van der Waals surface area contributed by atoms with E-state index in [1.807, 2.05) is 11.6 Å². The van der Waals surface area contributed by atoms with Gasteiger partial charge in [-0.1, -0.05) is 6.92 Å². The molecule has 3 rings (SSSR count). The maximum Gasteiger partial charge on any atom is 0.331 e. The summed E-state index contributed by atoms with van der Waals surface area (Å²) < 4.78 is 1.92. The molecule has 0 unspecified atom stereocenters. The highest BCUT2D eigenvalue weighted by Crippen LogP contribution is 2.30. The molecule has 7 nitrogen and oxygen atoms in total. The second-order valence-electron chi connectivity index (χ2n) is 4.49. The first-order valence-corrected chi connectivity index (χ1v) is 5.78. The van der Waals surface area contributed by atoms with Crippen molar-refractivity contribution < 1.29 is 10.3 Å². The number of amides is 2. The lowest BCUT2D eigenvalue weighted by Gasteiger charge is -2.30. The first-order chi connectivity index (χ1) is 8.13. The number of urea groups is 1. The first-order valence-electron chi connectivity index (χ1n) is 5.78. The van der Waals surface area contributed by atoms with Gasteiger partial charge in [0.05, 0.1) is 18.9 Å². The summed E-state index contributed by atoms with van der Waals surface area (Å²) in [6.07, 6.45) is 2.67. The summed E-state index contributed by atoms with van der Waals surface area (Å²) in [5.74, 6) is 1.47. The Morgan fingerprint density at radius 2 is 2.00 bits per heavy atom. The smallest absolute Gasteiger partial charge is 0.331 e. The number of rotatable bonds is 1. The zero-order chi connectivity index (χ0) is 12.2. The van der Waals surface area contributed by atoms with Gasteiger partial charge in [-0.05, 0) is 6.42 Å². The van der Waals surface area contributed by atoms with Gasteiger partial charge in [0.2, 0.25) is 0 Å². The van der Waals surface area contributed by atoms with Crippen molar-refractivity contribution in [1.29, 1.82) is 0 Å². The van der Waals surface area contributed by atoms with Crippen LogP contribution in [0.1, 0.15) is 19.0 Å². The zero-order valence-electron chi connectivity index (χ0n) is 11.5. The number of halogens is 2. The van der Waals surface area contributed by atoms with Crippen LogP contribution < -0.4 is 4.90 Å². The number of nitrogens with zero attached hydrogens (tertiary/aromatic N) is 5. The molecule has 0 radical (unpaired) electrons. The highest BCUT2D eigenvalue weighted by atomic mass is 35.5. The van der Waals surface area contributed by atoms with E-state index in [0.29, 0.717) is 12.4 Å². The quantitative estimate of drug-likeness (QED) is 0.767. The van der Waals surface area contributed by atoms with E-state index in [4.69, 9.17) is 0 Å². The van der Waals surface area contributed by atoms with Crippen molar-refractivity contribution in [1.82, 2.24) is 14.5 Å². The Balaban J connectivity index is 0.00000120. The highest BCUT2D eigenvalue weighted by molar-refractivity contribution is 6.18. The molecule has 0 aromatic carbocycles. The van der Waals surface area contributed by atoms with Gasteiger partial charge in [-0.15, -0.1) is 24.8 Å². The molecule has 1 aromatic heterocycles. The Bertz CT molecular complexity index is 531. The van der Waals surface area contributed by atoms with Gasteiger partial charge >= 0.3 is 6.03 Å². The molecule has 0 saturated carbocycles. The molecule has 0 spiro atoms. The molecule has 20 heavy (non-hydrogen) atoms. The molecule has 1 atom stereocenters. The normalized spacial score (nSPS) is 19.2. The van der Waals surface area contributed by atoms with Gasteiger partial charge < -0.3 is 10.0 Å². The Morgan fingerprint density at radius 3 is 2.60 bits per heavy atom. The van der Waals surface area contributed by atoms with Crippen molar-refractivity contribution in [2.75, 3.05) is 18.5 Å². The van der Waals surface area contributed by atoms with E-state index >= 15 is 0 Å². The summed E-state index contributed by atoms with van der Waals surface area (Å²) in [6.45, 7) is 2.77. The highest BCUT2D eigenvalue weighted by Gasteiger charge is 2.40. The van der Waals surface area contributed by atoms with Crippen LogP contribution in [0, 0.1) is 0 Å². The van der Waals surface area contributed by atoms with Gasteiger partial charge in [-0.3, -0.25) is 14.8 Å². The summed E-state index contributed by atoms with van der Waals surface area (Å²) in [7, 11) is 3.68. The van der Waals surface area contributed by atoms with Crippen molar-refractivity contribution in [3.63, 3.8) is 0 Å². The maximum absolute atomic E-state index is 12.2. The van der Waals surface area contributed by atoms with Gasteiger partial charge in [0.25, 0.3) is 0 Å². The number of carbonyl (C=O) groups excluding carboxylic acids is 1. The minimum absolute atomic E-state index is 0. The number of aliphatic imine (C=N–C) groups is 1. The lowest BCUT2D eigenvalue weighted by molar-refractivity contribution is 0.228. The van der Waals surface area contributed by atoms with Crippen LogP contribution in [-0.4, -0.2) is 51.4 Å². The molecule has 0 aliphatic carbocycles. The van der Waals surface area contributed by atoms with Crippen LogP contribution in [-0.2, 0) is 7.05 Å². The summed E-state index contributed by atoms with van der Waals surface area (Å²) in [4.78, 5) is 24.4. The summed E-state index contributed by atoms with van der Waals surface area (Å²) in [5.41, 5.74) is 0.933. The molecule has 0 saturated heterocycles. The summed E-state index contributed by atoms with van der Waals surface area (Å²) in [6, 6.07) is 0.175. The first kappa shape index (κ1) is 18.7. The molecule has 2 aliphatic rings. The van der Waals surface area contributed by atoms with Gasteiger partial charge in [0.15, 0.2) is 11.7 Å². The maximum atomic E-state index is 12.2. The lowest BCUT2D eigenvalue weighted by atomic mass is 10.2. The van der Waals surface area contributed by atoms with Crippen molar-refractivity contribution in [2.45, 2.75) is 19.4 Å². The van der Waals surface area contributed by atoms with E-state index in [9.17, 15) is 4.79 Å². The average Bonchev–Trinajstić information content (AvgIpc) is 2.89. The standard InChI is InChI=1S/C11H15N5O.2ClH.H2O/c1-4-7-5-16-10(13-7)8-9(12-6-14(8)2)15(3)11(16)17;;;/h6-7H,4-5H2,1-3H3;2*1H;1H2/t7-;;;/m1.../s1. The summed E-state index contributed by atoms with van der Waals surface area (Å²) in [5, 5.41) is 0. The molecule has 3 heterocycles. The molecular weight excluding hydrogens is 305 g/mol. The minimum Gasteiger partial charge on any atom is -0.412 e. The van der Waals surface area contributed by atoms with E-state index in [1.165, 1.54) is 0 Å². The van der Waals surface area contributed by atoms with Crippen molar-refractivity contribution >= 4 is 42.5 Å². The monoisotopic (exact) mass is 323 g/mol. The Morgan fingerprint density at radius 1 is 1.35 bits per heavy atom. The number of aryl methyl sites for hydroxylation is 1. The second kappa shape index (κ2) is 6.43. The molecular formula is C11H19Cl2N5O2. The van der Waals surface area contributed by atoms with Crippen LogP contribution in [0.4, 0.5) is 10.6 Å². The van der Waals surface area contributed by atoms with E-state index in [-0.39, 0.29) is 42.4 Å². The lowest BCUT2D eigenvalue weighted by Crippen LogP contribution is -2.49. The fourth-order valence-corrected chi connectivity index (χ4v) is 2.35. The molecule has 2 aliphatic heterocycles. The molecule has 1 aromatic rings. The van der Waals surface area contributed by atoms with Crippen LogP contribution in [0.15, 0.2) is 11.3 Å². The number of imidazole rings is 1. The third-order valence-corrected chi connectivity index (χ3v) is 3.39. The van der Waals surface area contributed by atoms with Crippen LogP contribution in [0.2, 0.25) is 0 Å². The minimum atomic E-state index is -0.0362. The Kier molecular flexibility index (Phi) is 6.01. The Hall–Kier alpha value is -1.31. The third-order valence-electron chi connectivity index (χ3n) is 3.39. The number of carbonyl (C=O) groups is 1. The SMILES string of the molecule is CC[C@@H]1CN2C(=O)N(C)c3ncn(C)c3C2=N1.Cl.Cl.O. The predicted molar refractivity (Wildman–Crippen MR) is 82.4 cm³/mol.